The number of carbonyl (C=O) groups excluding carboxylic acids is 2. The van der Waals surface area contributed by atoms with Crippen molar-refractivity contribution in [1.29, 1.82) is 0 Å². The number of nitrogens with one attached hydrogen (secondary N) is 1. The number of benzene rings is 1. The maximum atomic E-state index is 13.4. The van der Waals surface area contributed by atoms with E-state index in [1.54, 1.807) is 0 Å². The summed E-state index contributed by atoms with van der Waals surface area (Å²) in [6.45, 7) is 3.38. The third kappa shape index (κ3) is 4.53. The predicted octanol–water partition coefficient (Wildman–Crippen LogP) is 1.91. The van der Waals surface area contributed by atoms with E-state index in [0.29, 0.717) is 0 Å². The third-order valence-corrected chi connectivity index (χ3v) is 2.74. The van der Waals surface area contributed by atoms with Crippen LogP contribution < -0.4 is 10.1 Å². The number of esters is 1. The minimum absolute atomic E-state index is 0.0135. The molecular weight excluding hydrogens is 265 g/mol. The van der Waals surface area contributed by atoms with Gasteiger partial charge in [0, 0.05) is 6.04 Å². The average Bonchev–Trinajstić information content (AvgIpc) is 2.44. The lowest BCUT2D eigenvalue weighted by molar-refractivity contribution is -0.124. The normalized spacial score (nSPS) is 11.6. The Bertz CT molecular complexity index is 490. The van der Waals surface area contributed by atoms with Gasteiger partial charge < -0.3 is 14.8 Å². The number of ether oxygens (including phenoxy) is 2. The number of hydrogen-bond donors (Lipinski definition) is 1. The van der Waals surface area contributed by atoms with E-state index in [1.807, 2.05) is 13.8 Å². The van der Waals surface area contributed by atoms with Crippen LogP contribution in [-0.2, 0) is 9.53 Å². The lowest BCUT2D eigenvalue weighted by Gasteiger charge is -2.11. The summed E-state index contributed by atoms with van der Waals surface area (Å²) in [4.78, 5) is 23.1. The molecule has 20 heavy (non-hydrogen) atoms. The first-order valence-electron chi connectivity index (χ1n) is 6.28. The van der Waals surface area contributed by atoms with Gasteiger partial charge in [0.1, 0.15) is 0 Å². The zero-order chi connectivity index (χ0) is 15.1. The first-order chi connectivity index (χ1) is 9.47. The van der Waals surface area contributed by atoms with E-state index in [9.17, 15) is 14.0 Å². The van der Waals surface area contributed by atoms with E-state index >= 15 is 0 Å². The van der Waals surface area contributed by atoms with Gasteiger partial charge in [0.15, 0.2) is 18.2 Å². The Morgan fingerprint density at radius 3 is 2.65 bits per heavy atom. The molecule has 0 aliphatic rings. The Labute approximate surface area is 117 Å². The predicted molar refractivity (Wildman–Crippen MR) is 71.1 cm³/mol. The molecule has 0 bridgehead atoms. The fraction of sp³-hybridized carbons (Fsp3) is 0.429. The van der Waals surface area contributed by atoms with Crippen molar-refractivity contribution >= 4 is 11.9 Å². The van der Waals surface area contributed by atoms with Crippen LogP contribution in [0.5, 0.6) is 5.75 Å². The van der Waals surface area contributed by atoms with Gasteiger partial charge in [-0.3, -0.25) is 4.79 Å². The average molecular weight is 283 g/mol. The maximum absolute atomic E-state index is 13.4. The summed E-state index contributed by atoms with van der Waals surface area (Å²) in [5.74, 6) is -1.77. The molecule has 0 heterocycles. The largest absolute Gasteiger partial charge is 0.494 e. The summed E-state index contributed by atoms with van der Waals surface area (Å²) in [6, 6.07) is 3.72. The molecule has 0 aromatic heterocycles. The van der Waals surface area contributed by atoms with Gasteiger partial charge in [-0.2, -0.15) is 0 Å². The van der Waals surface area contributed by atoms with Crippen molar-refractivity contribution in [3.05, 3.63) is 29.6 Å². The molecule has 6 heteroatoms. The number of methoxy groups -OCH3 is 1. The van der Waals surface area contributed by atoms with E-state index < -0.39 is 18.4 Å². The minimum Gasteiger partial charge on any atom is -0.494 e. The Hall–Kier alpha value is -2.11. The third-order valence-electron chi connectivity index (χ3n) is 2.74. The Morgan fingerprint density at radius 1 is 1.40 bits per heavy atom. The second kappa shape index (κ2) is 7.47. The summed E-state index contributed by atoms with van der Waals surface area (Å²) >= 11 is 0. The van der Waals surface area contributed by atoms with E-state index in [2.05, 4.69) is 5.32 Å². The van der Waals surface area contributed by atoms with Crippen molar-refractivity contribution in [2.45, 2.75) is 26.3 Å². The topological polar surface area (TPSA) is 64.6 Å². The van der Waals surface area contributed by atoms with Gasteiger partial charge in [-0.15, -0.1) is 0 Å². The van der Waals surface area contributed by atoms with Crippen LogP contribution in [0.15, 0.2) is 18.2 Å². The van der Waals surface area contributed by atoms with E-state index in [1.165, 1.54) is 19.2 Å². The highest BCUT2D eigenvalue weighted by Gasteiger charge is 2.13. The van der Waals surface area contributed by atoms with Gasteiger partial charge in [-0.05, 0) is 31.5 Å². The molecule has 0 saturated carbocycles. The number of carbonyl (C=O) groups is 2. The fourth-order valence-electron chi connectivity index (χ4n) is 1.43. The van der Waals surface area contributed by atoms with Gasteiger partial charge in [-0.25, -0.2) is 9.18 Å². The Kier molecular flexibility index (Phi) is 5.96. The smallest absolute Gasteiger partial charge is 0.338 e. The Morgan fingerprint density at radius 2 is 2.10 bits per heavy atom. The van der Waals surface area contributed by atoms with Crippen molar-refractivity contribution < 1.29 is 23.5 Å². The zero-order valence-electron chi connectivity index (χ0n) is 11.7. The number of halogens is 1. The summed E-state index contributed by atoms with van der Waals surface area (Å²) in [5.41, 5.74) is 0.0274. The molecule has 1 amide bonds. The lowest BCUT2D eigenvalue weighted by atomic mass is 10.2. The molecule has 1 atom stereocenters. The van der Waals surface area contributed by atoms with Crippen molar-refractivity contribution in [1.82, 2.24) is 5.32 Å². The van der Waals surface area contributed by atoms with Crippen molar-refractivity contribution in [2.24, 2.45) is 0 Å². The van der Waals surface area contributed by atoms with Gasteiger partial charge in [0.2, 0.25) is 0 Å². The number of amides is 1. The SMILES string of the molecule is CC[C@H](C)NC(=O)COC(=O)c1ccc(OC)c(F)c1. The highest BCUT2D eigenvalue weighted by atomic mass is 19.1. The highest BCUT2D eigenvalue weighted by Crippen LogP contribution is 2.18. The van der Waals surface area contributed by atoms with Crippen molar-refractivity contribution in [2.75, 3.05) is 13.7 Å². The van der Waals surface area contributed by atoms with Crippen LogP contribution in [0, 0.1) is 5.82 Å². The van der Waals surface area contributed by atoms with Crippen LogP contribution in [0.25, 0.3) is 0 Å². The van der Waals surface area contributed by atoms with Crippen LogP contribution in [0.2, 0.25) is 0 Å². The fourth-order valence-corrected chi connectivity index (χ4v) is 1.43. The van der Waals surface area contributed by atoms with Crippen LogP contribution in [0.3, 0.4) is 0 Å². The van der Waals surface area contributed by atoms with Gasteiger partial charge in [0.25, 0.3) is 5.91 Å². The van der Waals surface area contributed by atoms with Crippen molar-refractivity contribution in [3.63, 3.8) is 0 Å². The molecule has 1 rings (SSSR count). The molecule has 5 nitrogen and oxygen atoms in total. The van der Waals surface area contributed by atoms with Crippen molar-refractivity contribution in [3.8, 4) is 5.75 Å². The minimum atomic E-state index is -0.758. The van der Waals surface area contributed by atoms with Crippen LogP contribution >= 0.6 is 0 Å². The standard InChI is InChI=1S/C14H18FNO4/c1-4-9(2)16-13(17)8-20-14(18)10-5-6-12(19-3)11(15)7-10/h5-7,9H,4,8H2,1-3H3,(H,16,17)/t9-/m0/s1. The zero-order valence-corrected chi connectivity index (χ0v) is 11.7. The van der Waals surface area contributed by atoms with E-state index in [0.717, 1.165) is 12.5 Å². The summed E-state index contributed by atoms with van der Waals surface area (Å²) in [5, 5.41) is 2.66. The van der Waals surface area contributed by atoms with Crippen LogP contribution in [0.4, 0.5) is 4.39 Å². The van der Waals surface area contributed by atoms with Crippen LogP contribution in [0.1, 0.15) is 30.6 Å². The van der Waals surface area contributed by atoms with Gasteiger partial charge in [0.05, 0.1) is 12.7 Å². The summed E-state index contributed by atoms with van der Waals surface area (Å²) < 4.78 is 23.0. The molecule has 0 aliphatic heterocycles. The molecule has 0 fully saturated rings. The maximum Gasteiger partial charge on any atom is 0.338 e. The van der Waals surface area contributed by atoms with Gasteiger partial charge >= 0.3 is 5.97 Å². The molecule has 1 aromatic carbocycles. The lowest BCUT2D eigenvalue weighted by Crippen LogP contribution is -2.35. The molecular formula is C14H18FNO4. The molecule has 0 unspecified atom stereocenters. The molecule has 0 radical (unpaired) electrons. The van der Waals surface area contributed by atoms with E-state index in [-0.39, 0.29) is 23.3 Å². The first-order valence-corrected chi connectivity index (χ1v) is 6.28. The number of rotatable bonds is 6. The molecule has 1 aromatic rings. The van der Waals surface area contributed by atoms with Gasteiger partial charge in [-0.1, -0.05) is 6.92 Å². The first kappa shape index (κ1) is 15.9. The molecule has 0 saturated heterocycles. The second-order valence-corrected chi connectivity index (χ2v) is 4.30. The Balaban J connectivity index is 2.55. The highest BCUT2D eigenvalue weighted by molar-refractivity contribution is 5.91. The van der Waals surface area contributed by atoms with Crippen LogP contribution in [-0.4, -0.2) is 31.6 Å². The van der Waals surface area contributed by atoms with E-state index in [4.69, 9.17) is 9.47 Å². The monoisotopic (exact) mass is 283 g/mol. The molecule has 0 aliphatic carbocycles. The second-order valence-electron chi connectivity index (χ2n) is 4.30. The quantitative estimate of drug-likeness (QED) is 0.810. The molecule has 0 spiro atoms. The summed E-state index contributed by atoms with van der Waals surface area (Å²) in [7, 11) is 1.33. The molecule has 1 N–H and O–H groups in total. The number of hydrogen-bond acceptors (Lipinski definition) is 4. The molecule has 110 valence electrons. The summed E-state index contributed by atoms with van der Waals surface area (Å²) in [6.07, 6.45) is 0.781.